The van der Waals surface area contributed by atoms with Crippen molar-refractivity contribution in [3.05, 3.63) is 48.0 Å². The Bertz CT molecular complexity index is 902. The Morgan fingerprint density at radius 2 is 1.79 bits per heavy atom. The number of benzene rings is 2. The summed E-state index contributed by atoms with van der Waals surface area (Å²) in [6, 6.07) is 12.2. The Hall–Kier alpha value is -2.41. The zero-order chi connectivity index (χ0) is 17.3. The fraction of sp³-hybridized carbons (Fsp3) is 0.294. The molecular formula is C17H18N2O4S. The van der Waals surface area contributed by atoms with Gasteiger partial charge in [-0.05, 0) is 22.8 Å². The number of nitrogens with zero attached hydrogens (tertiary/aromatic N) is 1. The second-order valence-electron chi connectivity index (χ2n) is 5.98. The molecule has 1 aliphatic heterocycles. The first-order valence-corrected chi connectivity index (χ1v) is 9.67. The summed E-state index contributed by atoms with van der Waals surface area (Å²) in [5.41, 5.74) is 0.875. The monoisotopic (exact) mass is 346 g/mol. The Kier molecular flexibility index (Phi) is 4.28. The van der Waals surface area contributed by atoms with Crippen molar-refractivity contribution in [1.29, 1.82) is 0 Å². The molecule has 0 spiro atoms. The molecule has 0 bridgehead atoms. The van der Waals surface area contributed by atoms with Crippen LogP contribution in [0.25, 0.3) is 10.8 Å². The van der Waals surface area contributed by atoms with E-state index in [1.165, 1.54) is 0 Å². The van der Waals surface area contributed by atoms with Gasteiger partial charge in [-0.25, -0.2) is 13.2 Å². The van der Waals surface area contributed by atoms with Gasteiger partial charge in [0, 0.05) is 6.26 Å². The second-order valence-corrected chi connectivity index (χ2v) is 8.24. The van der Waals surface area contributed by atoms with Crippen LogP contribution in [-0.2, 0) is 21.2 Å². The second kappa shape index (κ2) is 6.24. The van der Waals surface area contributed by atoms with E-state index in [9.17, 15) is 18.0 Å². The maximum Gasteiger partial charge on any atom is 0.325 e. The van der Waals surface area contributed by atoms with Crippen molar-refractivity contribution >= 4 is 32.5 Å². The van der Waals surface area contributed by atoms with Crippen LogP contribution in [-0.4, -0.2) is 43.3 Å². The molecule has 1 unspecified atom stereocenters. The number of imide groups is 1. The lowest BCUT2D eigenvalue weighted by molar-refractivity contribution is -0.127. The summed E-state index contributed by atoms with van der Waals surface area (Å²) in [5.74, 6) is -0.511. The maximum atomic E-state index is 12.4. The van der Waals surface area contributed by atoms with E-state index in [1.807, 2.05) is 42.5 Å². The molecule has 0 radical (unpaired) electrons. The molecule has 1 saturated heterocycles. The van der Waals surface area contributed by atoms with Crippen LogP contribution >= 0.6 is 0 Å². The number of nitrogens with one attached hydrogen (secondary N) is 1. The summed E-state index contributed by atoms with van der Waals surface area (Å²) in [4.78, 5) is 25.7. The van der Waals surface area contributed by atoms with E-state index in [0.29, 0.717) is 0 Å². The van der Waals surface area contributed by atoms with Crippen LogP contribution < -0.4 is 5.32 Å². The van der Waals surface area contributed by atoms with E-state index in [-0.39, 0.29) is 24.6 Å². The van der Waals surface area contributed by atoms with Crippen LogP contribution in [0.2, 0.25) is 0 Å². The minimum Gasteiger partial charge on any atom is -0.326 e. The molecule has 6 nitrogen and oxygen atoms in total. The highest BCUT2D eigenvalue weighted by molar-refractivity contribution is 7.90. The number of sulfone groups is 1. The van der Waals surface area contributed by atoms with Crippen LogP contribution in [0, 0.1) is 0 Å². The van der Waals surface area contributed by atoms with Crippen molar-refractivity contribution in [3.63, 3.8) is 0 Å². The summed E-state index contributed by atoms with van der Waals surface area (Å²) in [5, 5.41) is 4.59. The van der Waals surface area contributed by atoms with Gasteiger partial charge in [0.25, 0.3) is 5.91 Å². The predicted octanol–water partition coefficient (Wildman–Crippen LogP) is 1.69. The van der Waals surface area contributed by atoms with Crippen LogP contribution in [0.5, 0.6) is 0 Å². The fourth-order valence-corrected chi connectivity index (χ4v) is 3.52. The highest BCUT2D eigenvalue weighted by Crippen LogP contribution is 2.22. The molecule has 0 saturated carbocycles. The highest BCUT2D eigenvalue weighted by atomic mass is 32.2. The van der Waals surface area contributed by atoms with Crippen LogP contribution in [0.4, 0.5) is 4.79 Å². The number of carbonyl (C=O) groups excluding carboxylic acids is 2. The van der Waals surface area contributed by atoms with Crippen molar-refractivity contribution in [2.45, 2.75) is 19.0 Å². The largest absolute Gasteiger partial charge is 0.326 e. The van der Waals surface area contributed by atoms with Crippen molar-refractivity contribution < 1.29 is 18.0 Å². The molecule has 2 aromatic carbocycles. The lowest BCUT2D eigenvalue weighted by Gasteiger charge is -2.15. The molecule has 0 aromatic heterocycles. The van der Waals surface area contributed by atoms with Crippen molar-refractivity contribution in [2.75, 3.05) is 12.0 Å². The Morgan fingerprint density at radius 3 is 2.54 bits per heavy atom. The zero-order valence-corrected chi connectivity index (χ0v) is 14.0. The topological polar surface area (TPSA) is 83.6 Å². The Labute approximate surface area is 140 Å². The van der Waals surface area contributed by atoms with E-state index in [4.69, 9.17) is 0 Å². The predicted molar refractivity (Wildman–Crippen MR) is 91.1 cm³/mol. The molecule has 3 rings (SSSR count). The number of amides is 3. The number of fused-ring (bicyclic) bond motifs is 1. The van der Waals surface area contributed by atoms with Crippen LogP contribution in [0.1, 0.15) is 12.0 Å². The van der Waals surface area contributed by atoms with Crippen LogP contribution in [0.3, 0.4) is 0 Å². The van der Waals surface area contributed by atoms with Crippen molar-refractivity contribution in [2.24, 2.45) is 0 Å². The number of urea groups is 1. The van der Waals surface area contributed by atoms with E-state index in [0.717, 1.165) is 27.5 Å². The quantitative estimate of drug-likeness (QED) is 0.835. The molecule has 1 fully saturated rings. The van der Waals surface area contributed by atoms with E-state index in [2.05, 4.69) is 5.32 Å². The smallest absolute Gasteiger partial charge is 0.325 e. The first kappa shape index (κ1) is 16.4. The average Bonchev–Trinajstić information content (AvgIpc) is 2.80. The van der Waals surface area contributed by atoms with Crippen molar-refractivity contribution in [3.8, 4) is 0 Å². The summed E-state index contributed by atoms with van der Waals surface area (Å²) < 4.78 is 22.5. The summed E-state index contributed by atoms with van der Waals surface area (Å²) >= 11 is 0. The van der Waals surface area contributed by atoms with Gasteiger partial charge in [-0.2, -0.15) is 0 Å². The van der Waals surface area contributed by atoms with Gasteiger partial charge in [0.2, 0.25) is 0 Å². The molecule has 2 aromatic rings. The number of rotatable bonds is 5. The van der Waals surface area contributed by atoms with E-state index >= 15 is 0 Å². The first-order valence-electron chi connectivity index (χ1n) is 7.61. The SMILES string of the molecule is CS(=O)(=O)CCC1NC(=O)N(Cc2cccc3ccccc23)C1=O. The summed E-state index contributed by atoms with van der Waals surface area (Å²) in [7, 11) is -3.18. The third kappa shape index (κ3) is 3.41. The van der Waals surface area contributed by atoms with Gasteiger partial charge in [0.15, 0.2) is 0 Å². The third-order valence-electron chi connectivity index (χ3n) is 4.09. The van der Waals surface area contributed by atoms with Gasteiger partial charge in [0.1, 0.15) is 15.9 Å². The number of hydrogen-bond acceptors (Lipinski definition) is 4. The minimum atomic E-state index is -3.18. The molecule has 0 aliphatic carbocycles. The molecule has 126 valence electrons. The molecular weight excluding hydrogens is 328 g/mol. The first-order chi connectivity index (χ1) is 11.3. The molecule has 3 amide bonds. The van der Waals surface area contributed by atoms with Gasteiger partial charge in [-0.1, -0.05) is 42.5 Å². The molecule has 7 heteroatoms. The van der Waals surface area contributed by atoms with Crippen LogP contribution in [0.15, 0.2) is 42.5 Å². The molecule has 24 heavy (non-hydrogen) atoms. The van der Waals surface area contributed by atoms with Gasteiger partial charge < -0.3 is 5.32 Å². The van der Waals surface area contributed by atoms with Gasteiger partial charge in [0.05, 0.1) is 12.3 Å². The standard InChI is InChI=1S/C17H18N2O4S/c1-24(22,23)10-9-15-16(20)19(17(21)18-15)11-13-7-4-6-12-5-2-3-8-14(12)13/h2-8,15H,9-11H2,1H3,(H,18,21). The maximum absolute atomic E-state index is 12.4. The lowest BCUT2D eigenvalue weighted by Crippen LogP contribution is -2.32. The molecule has 1 aliphatic rings. The van der Waals surface area contributed by atoms with Gasteiger partial charge in [-0.15, -0.1) is 0 Å². The molecule has 1 atom stereocenters. The van der Waals surface area contributed by atoms with E-state index < -0.39 is 21.9 Å². The fourth-order valence-electron chi connectivity index (χ4n) is 2.85. The average molecular weight is 346 g/mol. The summed E-state index contributed by atoms with van der Waals surface area (Å²) in [6.07, 6.45) is 1.21. The third-order valence-corrected chi connectivity index (χ3v) is 5.07. The normalized spacial score (nSPS) is 18.2. The molecule has 1 N–H and O–H groups in total. The molecule has 1 heterocycles. The van der Waals surface area contributed by atoms with E-state index in [1.54, 1.807) is 0 Å². The van der Waals surface area contributed by atoms with Gasteiger partial charge >= 0.3 is 6.03 Å². The number of carbonyl (C=O) groups is 2. The van der Waals surface area contributed by atoms with Gasteiger partial charge in [-0.3, -0.25) is 9.69 Å². The number of hydrogen-bond donors (Lipinski definition) is 1. The lowest BCUT2D eigenvalue weighted by atomic mass is 10.0. The zero-order valence-electron chi connectivity index (χ0n) is 13.2. The minimum absolute atomic E-state index is 0.0927. The Morgan fingerprint density at radius 1 is 1.08 bits per heavy atom. The highest BCUT2D eigenvalue weighted by Gasteiger charge is 2.38. The summed E-state index contributed by atoms with van der Waals surface area (Å²) in [6.45, 7) is 0.168. The Balaban J connectivity index is 1.80. The van der Waals surface area contributed by atoms with Crippen molar-refractivity contribution in [1.82, 2.24) is 10.2 Å².